The van der Waals surface area contributed by atoms with Crippen LogP contribution in [0.15, 0.2) is 28.8 Å². The van der Waals surface area contributed by atoms with Crippen molar-refractivity contribution < 1.29 is 9.63 Å². The molecule has 21 heavy (non-hydrogen) atoms. The maximum Gasteiger partial charge on any atom is 0.257 e. The number of aromatic nitrogens is 2. The molecule has 0 unspecified atom stereocenters. The third kappa shape index (κ3) is 4.52. The highest BCUT2D eigenvalue weighted by Crippen LogP contribution is 2.20. The molecular formula is C15H20ClN3O2. The maximum absolute atomic E-state index is 8.95. The monoisotopic (exact) mass is 309 g/mol. The van der Waals surface area contributed by atoms with E-state index in [1.165, 1.54) is 0 Å². The van der Waals surface area contributed by atoms with E-state index in [0.717, 1.165) is 18.5 Å². The van der Waals surface area contributed by atoms with Crippen LogP contribution >= 0.6 is 11.6 Å². The topological polar surface area (TPSA) is 62.4 Å². The number of rotatable bonds is 7. The molecule has 1 heterocycles. The smallest absolute Gasteiger partial charge is 0.257 e. The number of nitrogens with zero attached hydrogens (tertiary/aromatic N) is 3. The van der Waals surface area contributed by atoms with E-state index in [0.29, 0.717) is 29.3 Å². The van der Waals surface area contributed by atoms with Crippen LogP contribution in [-0.2, 0) is 6.54 Å². The summed E-state index contributed by atoms with van der Waals surface area (Å²) in [5.41, 5.74) is 0.851. The molecule has 1 N–H and O–H groups in total. The fourth-order valence-electron chi connectivity index (χ4n) is 2.00. The van der Waals surface area contributed by atoms with Gasteiger partial charge in [-0.15, -0.1) is 0 Å². The lowest BCUT2D eigenvalue weighted by Gasteiger charge is -2.24. The highest BCUT2D eigenvalue weighted by molar-refractivity contribution is 6.30. The summed E-state index contributed by atoms with van der Waals surface area (Å²) in [5.74, 6) is 1.14. The Kier molecular flexibility index (Phi) is 5.73. The van der Waals surface area contributed by atoms with E-state index in [1.807, 2.05) is 12.1 Å². The summed E-state index contributed by atoms with van der Waals surface area (Å²) in [7, 11) is 0. The van der Waals surface area contributed by atoms with Gasteiger partial charge in [0.2, 0.25) is 0 Å². The SMILES string of the molecule is CC(C)N(CCCO)Cc1noc(-c2ccc(Cl)cc2)n1. The number of aliphatic hydroxyl groups is 1. The Hall–Kier alpha value is -1.43. The third-order valence-electron chi connectivity index (χ3n) is 3.24. The number of halogens is 1. The molecule has 5 nitrogen and oxygen atoms in total. The highest BCUT2D eigenvalue weighted by Gasteiger charge is 2.15. The van der Waals surface area contributed by atoms with Gasteiger partial charge in [-0.3, -0.25) is 4.90 Å². The minimum Gasteiger partial charge on any atom is -0.396 e. The lowest BCUT2D eigenvalue weighted by molar-refractivity contribution is 0.179. The Bertz CT molecular complexity index is 554. The predicted octanol–water partition coefficient (Wildman–Crippen LogP) is 2.98. The van der Waals surface area contributed by atoms with Gasteiger partial charge in [0.25, 0.3) is 5.89 Å². The van der Waals surface area contributed by atoms with Crippen molar-refractivity contribution >= 4 is 11.6 Å². The average Bonchev–Trinajstić information content (AvgIpc) is 2.92. The average molecular weight is 310 g/mol. The van der Waals surface area contributed by atoms with E-state index in [1.54, 1.807) is 12.1 Å². The minimum absolute atomic E-state index is 0.186. The first-order valence-electron chi connectivity index (χ1n) is 7.03. The van der Waals surface area contributed by atoms with Gasteiger partial charge in [-0.2, -0.15) is 4.98 Å². The fourth-order valence-corrected chi connectivity index (χ4v) is 2.13. The predicted molar refractivity (Wildman–Crippen MR) is 82.0 cm³/mol. The van der Waals surface area contributed by atoms with Crippen molar-refractivity contribution in [3.05, 3.63) is 35.1 Å². The largest absolute Gasteiger partial charge is 0.396 e. The molecule has 0 saturated heterocycles. The molecule has 1 aromatic heterocycles. The molecule has 0 amide bonds. The molecule has 0 aliphatic rings. The fraction of sp³-hybridized carbons (Fsp3) is 0.467. The molecular weight excluding hydrogens is 290 g/mol. The molecule has 0 aliphatic heterocycles. The van der Waals surface area contributed by atoms with Crippen LogP contribution in [0.4, 0.5) is 0 Å². The van der Waals surface area contributed by atoms with Crippen molar-refractivity contribution in [2.45, 2.75) is 32.9 Å². The van der Waals surface area contributed by atoms with E-state index >= 15 is 0 Å². The summed E-state index contributed by atoms with van der Waals surface area (Å²) in [5, 5.41) is 13.6. The molecule has 6 heteroatoms. The van der Waals surface area contributed by atoms with Crippen molar-refractivity contribution in [3.8, 4) is 11.5 Å². The van der Waals surface area contributed by atoms with Gasteiger partial charge in [-0.25, -0.2) is 0 Å². The Labute approximate surface area is 129 Å². The molecule has 0 fully saturated rings. The van der Waals surface area contributed by atoms with Crippen LogP contribution in [0.25, 0.3) is 11.5 Å². The summed E-state index contributed by atoms with van der Waals surface area (Å²) in [6.07, 6.45) is 0.736. The zero-order valence-corrected chi connectivity index (χ0v) is 13.0. The van der Waals surface area contributed by atoms with Crippen molar-refractivity contribution in [1.29, 1.82) is 0 Å². The highest BCUT2D eigenvalue weighted by atomic mass is 35.5. The quantitative estimate of drug-likeness (QED) is 0.852. The van der Waals surface area contributed by atoms with E-state index < -0.39 is 0 Å². The number of hydrogen-bond acceptors (Lipinski definition) is 5. The zero-order chi connectivity index (χ0) is 15.2. The Balaban J connectivity index is 2.06. The standard InChI is InChI=1S/C15H20ClN3O2/c1-11(2)19(8-3-9-20)10-14-17-15(21-18-14)12-4-6-13(16)7-5-12/h4-7,11,20H,3,8-10H2,1-2H3. The van der Waals surface area contributed by atoms with Gasteiger partial charge >= 0.3 is 0 Å². The lowest BCUT2D eigenvalue weighted by Crippen LogP contribution is -2.32. The maximum atomic E-state index is 8.95. The van der Waals surface area contributed by atoms with Gasteiger partial charge in [0.15, 0.2) is 5.82 Å². The van der Waals surface area contributed by atoms with Crippen molar-refractivity contribution in [1.82, 2.24) is 15.0 Å². The van der Waals surface area contributed by atoms with Gasteiger partial charge in [0.05, 0.1) is 6.54 Å². The summed E-state index contributed by atoms with van der Waals surface area (Å²) in [4.78, 5) is 6.62. The molecule has 0 aliphatic carbocycles. The molecule has 0 radical (unpaired) electrons. The molecule has 1 aromatic carbocycles. The normalized spacial score (nSPS) is 11.5. The van der Waals surface area contributed by atoms with Crippen molar-refractivity contribution in [2.75, 3.05) is 13.2 Å². The second-order valence-corrected chi connectivity index (χ2v) is 5.60. The first kappa shape index (κ1) is 15.9. The van der Waals surface area contributed by atoms with Gasteiger partial charge in [0, 0.05) is 29.8 Å². The Morgan fingerprint density at radius 2 is 2.00 bits per heavy atom. The van der Waals surface area contributed by atoms with Crippen LogP contribution in [0, 0.1) is 0 Å². The van der Waals surface area contributed by atoms with Crippen LogP contribution in [0.2, 0.25) is 5.02 Å². The van der Waals surface area contributed by atoms with Crippen molar-refractivity contribution in [2.24, 2.45) is 0 Å². The molecule has 2 rings (SSSR count). The summed E-state index contributed by atoms with van der Waals surface area (Å²) in [6, 6.07) is 7.65. The number of benzene rings is 1. The molecule has 114 valence electrons. The van der Waals surface area contributed by atoms with Crippen LogP contribution in [-0.4, -0.2) is 39.3 Å². The van der Waals surface area contributed by atoms with Crippen LogP contribution in [0.1, 0.15) is 26.1 Å². The van der Waals surface area contributed by atoms with E-state index in [2.05, 4.69) is 28.9 Å². The van der Waals surface area contributed by atoms with Crippen LogP contribution < -0.4 is 0 Å². The van der Waals surface area contributed by atoms with E-state index in [-0.39, 0.29) is 6.61 Å². The third-order valence-corrected chi connectivity index (χ3v) is 3.49. The Morgan fingerprint density at radius 3 is 2.62 bits per heavy atom. The van der Waals surface area contributed by atoms with Crippen molar-refractivity contribution in [3.63, 3.8) is 0 Å². The van der Waals surface area contributed by atoms with Gasteiger partial charge < -0.3 is 9.63 Å². The second-order valence-electron chi connectivity index (χ2n) is 5.16. The second kappa shape index (κ2) is 7.54. The summed E-state index contributed by atoms with van der Waals surface area (Å²) >= 11 is 5.86. The van der Waals surface area contributed by atoms with E-state index in [4.69, 9.17) is 21.2 Å². The first-order chi connectivity index (χ1) is 10.1. The number of hydrogen-bond donors (Lipinski definition) is 1. The zero-order valence-electron chi connectivity index (χ0n) is 12.3. The van der Waals surface area contributed by atoms with E-state index in [9.17, 15) is 0 Å². The van der Waals surface area contributed by atoms with Gasteiger partial charge in [0.1, 0.15) is 0 Å². The lowest BCUT2D eigenvalue weighted by atomic mass is 10.2. The first-order valence-corrected chi connectivity index (χ1v) is 7.41. The van der Waals surface area contributed by atoms with Gasteiger partial charge in [-0.05, 0) is 44.5 Å². The summed E-state index contributed by atoms with van der Waals surface area (Å²) in [6.45, 7) is 5.81. The number of aliphatic hydroxyl groups excluding tert-OH is 1. The molecule has 0 spiro atoms. The van der Waals surface area contributed by atoms with Crippen LogP contribution in [0.3, 0.4) is 0 Å². The molecule has 0 saturated carbocycles. The molecule has 0 atom stereocenters. The molecule has 2 aromatic rings. The molecule has 0 bridgehead atoms. The van der Waals surface area contributed by atoms with Crippen LogP contribution in [0.5, 0.6) is 0 Å². The minimum atomic E-state index is 0.186. The Morgan fingerprint density at radius 1 is 1.29 bits per heavy atom. The van der Waals surface area contributed by atoms with Gasteiger partial charge in [-0.1, -0.05) is 16.8 Å². The summed E-state index contributed by atoms with van der Waals surface area (Å²) < 4.78 is 5.30.